The highest BCUT2D eigenvalue weighted by Crippen LogP contribution is 2.11. The lowest BCUT2D eigenvalue weighted by Gasteiger charge is -2.26. The Morgan fingerprint density at radius 2 is 1.78 bits per heavy atom. The Morgan fingerprint density at radius 3 is 2.44 bits per heavy atom. The maximum atomic E-state index is 12.6. The molecule has 1 fully saturated rings. The second kappa shape index (κ2) is 13.3. The van der Waals surface area contributed by atoms with Gasteiger partial charge in [-0.15, -0.1) is 24.0 Å². The summed E-state index contributed by atoms with van der Waals surface area (Å²) < 4.78 is 0. The number of hydrogen-bond donors (Lipinski definition) is 3. The van der Waals surface area contributed by atoms with Crippen LogP contribution < -0.4 is 16.0 Å². The molecule has 0 spiro atoms. The number of nitrogens with one attached hydrogen (secondary N) is 3. The average molecular weight is 570 g/mol. The molecule has 2 amide bonds. The van der Waals surface area contributed by atoms with Crippen LogP contribution in [0, 0.1) is 0 Å². The molecule has 1 saturated heterocycles. The second-order valence-corrected chi connectivity index (χ2v) is 7.71. The Labute approximate surface area is 211 Å². The third-order valence-corrected chi connectivity index (χ3v) is 5.16. The van der Waals surface area contributed by atoms with Gasteiger partial charge in [-0.3, -0.25) is 9.59 Å². The van der Waals surface area contributed by atoms with E-state index in [1.807, 2.05) is 43.3 Å². The zero-order valence-corrected chi connectivity index (χ0v) is 21.2. The van der Waals surface area contributed by atoms with Crippen LogP contribution in [0.4, 0.5) is 0 Å². The van der Waals surface area contributed by atoms with Crippen LogP contribution in [-0.4, -0.2) is 55.4 Å². The SMILES string of the molecule is CCNC(=NCc1ccc(C(=O)N2CCNC(=O)C2)cc1)NCCc1ccc(Cl)cc1.I. The number of rotatable bonds is 7. The Kier molecular flexibility index (Phi) is 10.8. The quantitative estimate of drug-likeness (QED) is 0.272. The van der Waals surface area contributed by atoms with Crippen LogP contribution in [0.1, 0.15) is 28.4 Å². The number of carbonyl (C=O) groups is 2. The van der Waals surface area contributed by atoms with Gasteiger partial charge in [0.1, 0.15) is 0 Å². The molecule has 0 aromatic heterocycles. The van der Waals surface area contributed by atoms with Crippen molar-refractivity contribution in [2.75, 3.05) is 32.7 Å². The van der Waals surface area contributed by atoms with Crippen molar-refractivity contribution in [2.45, 2.75) is 19.9 Å². The third-order valence-electron chi connectivity index (χ3n) is 4.91. The number of carbonyl (C=O) groups excluding carboxylic acids is 2. The van der Waals surface area contributed by atoms with Crippen molar-refractivity contribution < 1.29 is 9.59 Å². The number of aliphatic imine (C=N–C) groups is 1. The molecule has 32 heavy (non-hydrogen) atoms. The first-order chi connectivity index (χ1) is 15.0. The average Bonchev–Trinajstić information content (AvgIpc) is 2.78. The molecule has 172 valence electrons. The molecule has 0 unspecified atom stereocenters. The monoisotopic (exact) mass is 569 g/mol. The van der Waals surface area contributed by atoms with E-state index in [9.17, 15) is 9.59 Å². The van der Waals surface area contributed by atoms with Crippen LogP contribution >= 0.6 is 35.6 Å². The van der Waals surface area contributed by atoms with Crippen molar-refractivity contribution in [3.8, 4) is 0 Å². The topological polar surface area (TPSA) is 85.8 Å². The number of halogens is 2. The summed E-state index contributed by atoms with van der Waals surface area (Å²) in [5.41, 5.74) is 2.79. The number of piperazine rings is 1. The molecule has 0 radical (unpaired) electrons. The Hall–Kier alpha value is -2.33. The van der Waals surface area contributed by atoms with Crippen molar-refractivity contribution >= 4 is 53.4 Å². The largest absolute Gasteiger partial charge is 0.357 e. The van der Waals surface area contributed by atoms with E-state index in [1.165, 1.54) is 5.56 Å². The van der Waals surface area contributed by atoms with Crippen molar-refractivity contribution in [3.05, 3.63) is 70.2 Å². The number of guanidine groups is 1. The van der Waals surface area contributed by atoms with Gasteiger partial charge in [0.15, 0.2) is 5.96 Å². The molecule has 3 rings (SSSR count). The highest BCUT2D eigenvalue weighted by Gasteiger charge is 2.22. The van der Waals surface area contributed by atoms with Crippen LogP contribution in [0.15, 0.2) is 53.5 Å². The molecular formula is C23H29ClIN5O2. The van der Waals surface area contributed by atoms with Crippen LogP contribution in [0.5, 0.6) is 0 Å². The molecule has 1 heterocycles. The van der Waals surface area contributed by atoms with Gasteiger partial charge in [0.2, 0.25) is 5.91 Å². The van der Waals surface area contributed by atoms with Gasteiger partial charge in [-0.05, 0) is 48.7 Å². The van der Waals surface area contributed by atoms with Gasteiger partial charge in [0.05, 0.1) is 13.1 Å². The summed E-state index contributed by atoms with van der Waals surface area (Å²) >= 11 is 5.93. The molecule has 7 nitrogen and oxygen atoms in total. The lowest BCUT2D eigenvalue weighted by molar-refractivity contribution is -0.123. The summed E-state index contributed by atoms with van der Waals surface area (Å²) in [4.78, 5) is 30.2. The molecule has 1 aliphatic rings. The predicted octanol–water partition coefficient (Wildman–Crippen LogP) is 2.83. The lowest BCUT2D eigenvalue weighted by Crippen LogP contribution is -2.49. The smallest absolute Gasteiger partial charge is 0.254 e. The molecule has 0 saturated carbocycles. The number of nitrogens with zero attached hydrogens (tertiary/aromatic N) is 2. The Morgan fingerprint density at radius 1 is 1.09 bits per heavy atom. The fraction of sp³-hybridized carbons (Fsp3) is 0.348. The molecule has 0 aliphatic carbocycles. The summed E-state index contributed by atoms with van der Waals surface area (Å²) in [6, 6.07) is 15.2. The highest BCUT2D eigenvalue weighted by molar-refractivity contribution is 14.0. The van der Waals surface area contributed by atoms with E-state index in [2.05, 4.69) is 20.9 Å². The fourth-order valence-corrected chi connectivity index (χ4v) is 3.36. The number of benzene rings is 2. The summed E-state index contributed by atoms with van der Waals surface area (Å²) in [5.74, 6) is 0.503. The van der Waals surface area contributed by atoms with Gasteiger partial charge >= 0.3 is 0 Å². The van der Waals surface area contributed by atoms with Gasteiger partial charge in [-0.1, -0.05) is 35.9 Å². The van der Waals surface area contributed by atoms with Gasteiger partial charge in [0, 0.05) is 36.8 Å². The molecule has 0 bridgehead atoms. The first-order valence-electron chi connectivity index (χ1n) is 10.5. The van der Waals surface area contributed by atoms with Crippen LogP contribution in [0.3, 0.4) is 0 Å². The van der Waals surface area contributed by atoms with E-state index < -0.39 is 0 Å². The van der Waals surface area contributed by atoms with Crippen LogP contribution in [0.25, 0.3) is 0 Å². The molecule has 1 aliphatic heterocycles. The molecule has 2 aromatic carbocycles. The molecule has 0 atom stereocenters. The summed E-state index contributed by atoms with van der Waals surface area (Å²) in [5, 5.41) is 10.0. The van der Waals surface area contributed by atoms with E-state index in [0.717, 1.165) is 36.1 Å². The minimum Gasteiger partial charge on any atom is -0.357 e. The fourth-order valence-electron chi connectivity index (χ4n) is 3.24. The van der Waals surface area contributed by atoms with Gasteiger partial charge < -0.3 is 20.9 Å². The van der Waals surface area contributed by atoms with Gasteiger partial charge in [-0.25, -0.2) is 4.99 Å². The van der Waals surface area contributed by atoms with E-state index in [-0.39, 0.29) is 42.3 Å². The number of amides is 2. The van der Waals surface area contributed by atoms with Gasteiger partial charge in [-0.2, -0.15) is 0 Å². The Bertz CT molecular complexity index is 919. The third kappa shape index (κ3) is 7.98. The van der Waals surface area contributed by atoms with Crippen LogP contribution in [-0.2, 0) is 17.8 Å². The van der Waals surface area contributed by atoms with Crippen molar-refractivity contribution in [1.29, 1.82) is 0 Å². The minimum absolute atomic E-state index is 0. The summed E-state index contributed by atoms with van der Waals surface area (Å²) in [7, 11) is 0. The van der Waals surface area contributed by atoms with E-state index >= 15 is 0 Å². The van der Waals surface area contributed by atoms with E-state index in [1.54, 1.807) is 17.0 Å². The predicted molar refractivity (Wildman–Crippen MR) is 139 cm³/mol. The van der Waals surface area contributed by atoms with E-state index in [0.29, 0.717) is 25.2 Å². The minimum atomic E-state index is -0.123. The second-order valence-electron chi connectivity index (χ2n) is 7.27. The maximum absolute atomic E-state index is 12.6. The van der Waals surface area contributed by atoms with Crippen molar-refractivity contribution in [1.82, 2.24) is 20.9 Å². The molecule has 2 aromatic rings. The standard InChI is InChI=1S/C23H28ClN5O2.HI/c1-2-25-23(27-12-11-17-5-9-20(24)10-6-17)28-15-18-3-7-19(8-4-18)22(31)29-14-13-26-21(30)16-29;/h3-10H,2,11-16H2,1H3,(H,26,30)(H2,25,27,28);1H. The first-order valence-corrected chi connectivity index (χ1v) is 10.8. The zero-order valence-electron chi connectivity index (χ0n) is 18.1. The lowest BCUT2D eigenvalue weighted by atomic mass is 10.1. The van der Waals surface area contributed by atoms with Crippen molar-refractivity contribution in [3.63, 3.8) is 0 Å². The summed E-state index contributed by atoms with van der Waals surface area (Å²) in [6.45, 7) is 5.18. The van der Waals surface area contributed by atoms with E-state index in [4.69, 9.17) is 11.6 Å². The molecular weight excluding hydrogens is 541 g/mol. The normalized spacial score (nSPS) is 13.8. The van der Waals surface area contributed by atoms with Gasteiger partial charge in [0.25, 0.3) is 5.91 Å². The summed E-state index contributed by atoms with van der Waals surface area (Å²) in [6.07, 6.45) is 0.868. The maximum Gasteiger partial charge on any atom is 0.254 e. The highest BCUT2D eigenvalue weighted by atomic mass is 127. The van der Waals surface area contributed by atoms with Crippen LogP contribution in [0.2, 0.25) is 5.02 Å². The molecule has 3 N–H and O–H groups in total. The Balaban J connectivity index is 0.00000363. The van der Waals surface area contributed by atoms with Crippen molar-refractivity contribution in [2.24, 2.45) is 4.99 Å². The number of hydrogen-bond acceptors (Lipinski definition) is 3. The molecule has 9 heteroatoms. The zero-order chi connectivity index (χ0) is 22.1. The first kappa shape index (κ1) is 25.9.